The van der Waals surface area contributed by atoms with Crippen molar-refractivity contribution in [3.05, 3.63) is 35.9 Å². The lowest BCUT2D eigenvalue weighted by Gasteiger charge is -2.36. The number of hydrogen-bond donors (Lipinski definition) is 1. The average molecular weight is 205 g/mol. The fraction of sp³-hybridized carbons (Fsp3) is 0.417. The molecule has 1 unspecified atom stereocenters. The van der Waals surface area contributed by atoms with E-state index >= 15 is 0 Å². The van der Waals surface area contributed by atoms with E-state index in [4.69, 9.17) is 4.74 Å². The molecule has 0 aliphatic carbocycles. The zero-order chi connectivity index (χ0) is 10.6. The first-order chi connectivity index (χ1) is 7.37. The maximum atomic E-state index is 10.7. The van der Waals surface area contributed by atoms with E-state index in [1.807, 2.05) is 30.3 Å². The molecule has 3 nitrogen and oxygen atoms in total. The molecule has 1 aromatic carbocycles. The minimum Gasteiger partial charge on any atom is -0.367 e. The highest BCUT2D eigenvalue weighted by atomic mass is 16.5. The number of rotatable bonds is 3. The number of hydrogen-bond acceptors (Lipinski definition) is 3. The van der Waals surface area contributed by atoms with Crippen LogP contribution in [0.5, 0.6) is 0 Å². The molecule has 80 valence electrons. The molecule has 1 aromatic rings. The maximum absolute atomic E-state index is 10.7. The fourth-order valence-electron chi connectivity index (χ4n) is 1.97. The van der Waals surface area contributed by atoms with E-state index in [0.29, 0.717) is 19.6 Å². The molecule has 0 bridgehead atoms. The van der Waals surface area contributed by atoms with E-state index < -0.39 is 5.60 Å². The third-order valence-electron chi connectivity index (χ3n) is 2.78. The molecule has 1 saturated heterocycles. The Kier molecular flexibility index (Phi) is 3.14. The van der Waals surface area contributed by atoms with Gasteiger partial charge in [0.25, 0.3) is 0 Å². The second-order valence-electron chi connectivity index (χ2n) is 3.76. The third kappa shape index (κ3) is 2.08. The molecule has 0 spiro atoms. The summed E-state index contributed by atoms with van der Waals surface area (Å²) in [6, 6.07) is 9.93. The van der Waals surface area contributed by atoms with Gasteiger partial charge in [0.15, 0.2) is 0 Å². The van der Waals surface area contributed by atoms with Gasteiger partial charge >= 0.3 is 0 Å². The Morgan fingerprint density at radius 1 is 1.40 bits per heavy atom. The van der Waals surface area contributed by atoms with E-state index in [1.165, 1.54) is 0 Å². The van der Waals surface area contributed by atoms with Crippen LogP contribution in [0.1, 0.15) is 12.0 Å². The number of morpholine rings is 1. The molecule has 0 amide bonds. The molecule has 1 fully saturated rings. The Morgan fingerprint density at radius 3 is 2.80 bits per heavy atom. The van der Waals surface area contributed by atoms with Gasteiger partial charge in [-0.1, -0.05) is 30.3 Å². The smallest absolute Gasteiger partial charge is 0.123 e. The Morgan fingerprint density at radius 2 is 2.20 bits per heavy atom. The van der Waals surface area contributed by atoms with Gasteiger partial charge in [-0.05, 0) is 5.56 Å². The third-order valence-corrected chi connectivity index (χ3v) is 2.78. The number of carbonyl (C=O) groups is 1. The molecule has 1 heterocycles. The molecule has 1 aliphatic heterocycles. The van der Waals surface area contributed by atoms with Gasteiger partial charge < -0.3 is 14.8 Å². The maximum Gasteiger partial charge on any atom is 0.123 e. The van der Waals surface area contributed by atoms with Crippen molar-refractivity contribution in [1.82, 2.24) is 5.32 Å². The van der Waals surface area contributed by atoms with E-state index in [-0.39, 0.29) is 0 Å². The standard InChI is InChI=1S/C12H15NO2/c14-8-6-12(10-13-7-9-15-12)11-4-2-1-3-5-11/h1-5,8,13H,6-7,9-10H2. The lowest BCUT2D eigenvalue weighted by Crippen LogP contribution is -2.47. The van der Waals surface area contributed by atoms with Crippen molar-refractivity contribution < 1.29 is 9.53 Å². The highest BCUT2D eigenvalue weighted by molar-refractivity contribution is 5.53. The molecule has 0 aromatic heterocycles. The lowest BCUT2D eigenvalue weighted by atomic mass is 9.89. The quantitative estimate of drug-likeness (QED) is 0.751. The van der Waals surface area contributed by atoms with Gasteiger partial charge in [-0.25, -0.2) is 0 Å². The molecule has 15 heavy (non-hydrogen) atoms. The molecule has 3 heteroatoms. The zero-order valence-corrected chi connectivity index (χ0v) is 8.61. The minimum absolute atomic E-state index is 0.407. The van der Waals surface area contributed by atoms with E-state index in [9.17, 15) is 4.79 Å². The normalized spacial score (nSPS) is 26.1. The van der Waals surface area contributed by atoms with Crippen molar-refractivity contribution in [2.45, 2.75) is 12.0 Å². The summed E-state index contributed by atoms with van der Waals surface area (Å²) in [5, 5.41) is 3.28. The summed E-state index contributed by atoms with van der Waals surface area (Å²) in [6.45, 7) is 2.21. The van der Waals surface area contributed by atoms with E-state index in [2.05, 4.69) is 5.32 Å². The number of aldehydes is 1. The van der Waals surface area contributed by atoms with Crippen LogP contribution in [-0.4, -0.2) is 26.0 Å². The average Bonchev–Trinajstić information content (AvgIpc) is 2.32. The highest BCUT2D eigenvalue weighted by Gasteiger charge is 2.34. The van der Waals surface area contributed by atoms with Crippen molar-refractivity contribution in [1.29, 1.82) is 0 Å². The topological polar surface area (TPSA) is 38.3 Å². The second-order valence-corrected chi connectivity index (χ2v) is 3.76. The molecule has 0 radical (unpaired) electrons. The zero-order valence-electron chi connectivity index (χ0n) is 8.61. The van der Waals surface area contributed by atoms with Crippen LogP contribution in [0.15, 0.2) is 30.3 Å². The van der Waals surface area contributed by atoms with Crippen molar-refractivity contribution in [2.24, 2.45) is 0 Å². The number of ether oxygens (including phenoxy) is 1. The van der Waals surface area contributed by atoms with Crippen LogP contribution < -0.4 is 5.32 Å². The number of benzene rings is 1. The first-order valence-corrected chi connectivity index (χ1v) is 5.21. The SMILES string of the molecule is O=CCC1(c2ccccc2)CNCCO1. The van der Waals surface area contributed by atoms with Gasteiger partial charge in [-0.2, -0.15) is 0 Å². The molecule has 2 rings (SSSR count). The van der Waals surface area contributed by atoms with Crippen LogP contribution in [-0.2, 0) is 15.1 Å². The molecule has 0 saturated carbocycles. The van der Waals surface area contributed by atoms with Crippen LogP contribution in [0.4, 0.5) is 0 Å². The Balaban J connectivity index is 2.29. The molecule has 1 N–H and O–H groups in total. The van der Waals surface area contributed by atoms with Crippen LogP contribution in [0, 0.1) is 0 Å². The number of carbonyl (C=O) groups excluding carboxylic acids is 1. The minimum atomic E-state index is -0.457. The number of nitrogens with one attached hydrogen (secondary N) is 1. The monoisotopic (exact) mass is 205 g/mol. The van der Waals surface area contributed by atoms with Crippen molar-refractivity contribution >= 4 is 6.29 Å². The summed E-state index contributed by atoms with van der Waals surface area (Å²) in [7, 11) is 0. The molecular formula is C12H15NO2. The van der Waals surface area contributed by atoms with Gasteiger partial charge in [-0.3, -0.25) is 0 Å². The van der Waals surface area contributed by atoms with Gasteiger partial charge in [0, 0.05) is 19.5 Å². The van der Waals surface area contributed by atoms with Crippen LogP contribution >= 0.6 is 0 Å². The summed E-state index contributed by atoms with van der Waals surface area (Å²) < 4.78 is 5.80. The fourth-order valence-corrected chi connectivity index (χ4v) is 1.97. The lowest BCUT2D eigenvalue weighted by molar-refractivity contribution is -0.120. The van der Waals surface area contributed by atoms with Crippen molar-refractivity contribution in [3.63, 3.8) is 0 Å². The summed E-state index contributed by atoms with van der Waals surface area (Å²) in [6.07, 6.45) is 1.34. The van der Waals surface area contributed by atoms with Gasteiger partial charge in [0.1, 0.15) is 11.9 Å². The summed E-state index contributed by atoms with van der Waals surface area (Å²) in [5.41, 5.74) is 0.616. The van der Waals surface area contributed by atoms with Gasteiger partial charge in [-0.15, -0.1) is 0 Å². The van der Waals surface area contributed by atoms with E-state index in [0.717, 1.165) is 18.4 Å². The summed E-state index contributed by atoms with van der Waals surface area (Å²) >= 11 is 0. The Bertz CT molecular complexity index is 318. The first-order valence-electron chi connectivity index (χ1n) is 5.21. The van der Waals surface area contributed by atoms with Crippen molar-refractivity contribution in [2.75, 3.05) is 19.7 Å². The summed E-state index contributed by atoms with van der Waals surface area (Å²) in [4.78, 5) is 10.7. The Labute approximate surface area is 89.4 Å². The van der Waals surface area contributed by atoms with Gasteiger partial charge in [0.2, 0.25) is 0 Å². The van der Waals surface area contributed by atoms with Crippen molar-refractivity contribution in [3.8, 4) is 0 Å². The molecule has 1 aliphatic rings. The molecule has 1 atom stereocenters. The summed E-state index contributed by atoms with van der Waals surface area (Å²) in [5.74, 6) is 0. The first kappa shape index (κ1) is 10.3. The highest BCUT2D eigenvalue weighted by Crippen LogP contribution is 2.29. The predicted molar refractivity (Wildman–Crippen MR) is 57.6 cm³/mol. The molecular weight excluding hydrogens is 190 g/mol. The Hall–Kier alpha value is -1.19. The van der Waals surface area contributed by atoms with E-state index in [1.54, 1.807) is 0 Å². The second kappa shape index (κ2) is 4.55. The van der Waals surface area contributed by atoms with Crippen LogP contribution in [0.3, 0.4) is 0 Å². The van der Waals surface area contributed by atoms with Gasteiger partial charge in [0.05, 0.1) is 6.61 Å². The predicted octanol–water partition coefficient (Wildman–Crippen LogP) is 1.09. The van der Waals surface area contributed by atoms with Crippen LogP contribution in [0.2, 0.25) is 0 Å². The largest absolute Gasteiger partial charge is 0.367 e. The van der Waals surface area contributed by atoms with Crippen LogP contribution in [0.25, 0.3) is 0 Å².